The molecule has 0 aromatic carbocycles. The second-order valence-corrected chi connectivity index (χ2v) is 6.04. The fourth-order valence-electron chi connectivity index (χ4n) is 3.93. The summed E-state index contributed by atoms with van der Waals surface area (Å²) in [5, 5.41) is 12.7. The van der Waals surface area contributed by atoms with Crippen LogP contribution in [0.5, 0.6) is 0 Å². The van der Waals surface area contributed by atoms with E-state index in [-0.39, 0.29) is 35.9 Å². The molecule has 2 heterocycles. The van der Waals surface area contributed by atoms with Gasteiger partial charge >= 0.3 is 0 Å². The van der Waals surface area contributed by atoms with E-state index < -0.39 is 0 Å². The smallest absolute Gasteiger partial charge is 0.240 e. The lowest BCUT2D eigenvalue weighted by Crippen LogP contribution is -2.50. The number of rotatable bonds is 1. The van der Waals surface area contributed by atoms with Crippen LogP contribution in [-0.2, 0) is 4.79 Å². The van der Waals surface area contributed by atoms with Crippen molar-refractivity contribution in [2.45, 2.75) is 69.0 Å². The summed E-state index contributed by atoms with van der Waals surface area (Å²) in [5.74, 6) is 0.169. The predicted molar refractivity (Wildman–Crippen MR) is 75.0 cm³/mol. The van der Waals surface area contributed by atoms with Crippen molar-refractivity contribution in [1.82, 2.24) is 10.2 Å². The van der Waals surface area contributed by atoms with Gasteiger partial charge in [-0.3, -0.25) is 4.79 Å². The molecule has 5 heteroatoms. The minimum atomic E-state index is -0.181. The van der Waals surface area contributed by atoms with Gasteiger partial charge in [0.1, 0.15) is 6.04 Å². The fourth-order valence-corrected chi connectivity index (χ4v) is 3.93. The van der Waals surface area contributed by atoms with E-state index in [9.17, 15) is 4.79 Å². The van der Waals surface area contributed by atoms with E-state index in [0.717, 1.165) is 32.2 Å². The SMILES string of the molecule is Cl.N#C[C@@H]1CCCN1C(=O)C1CCC2(CCCC2)N1. The quantitative estimate of drug-likeness (QED) is 0.801. The van der Waals surface area contributed by atoms with Gasteiger partial charge in [0, 0.05) is 12.1 Å². The summed E-state index contributed by atoms with van der Waals surface area (Å²) < 4.78 is 0. The van der Waals surface area contributed by atoms with Crippen LogP contribution in [0.25, 0.3) is 0 Å². The van der Waals surface area contributed by atoms with Crippen molar-refractivity contribution >= 4 is 18.3 Å². The number of likely N-dealkylation sites (tertiary alicyclic amines) is 1. The van der Waals surface area contributed by atoms with Crippen molar-refractivity contribution in [2.75, 3.05) is 6.54 Å². The number of hydrogen-bond acceptors (Lipinski definition) is 3. The van der Waals surface area contributed by atoms with Crippen LogP contribution in [0.3, 0.4) is 0 Å². The Labute approximate surface area is 120 Å². The highest BCUT2D eigenvalue weighted by molar-refractivity contribution is 5.85. The van der Waals surface area contributed by atoms with Gasteiger partial charge in [-0.2, -0.15) is 5.26 Å². The largest absolute Gasteiger partial charge is 0.325 e. The molecule has 3 rings (SSSR count). The molecule has 1 amide bonds. The van der Waals surface area contributed by atoms with Gasteiger partial charge < -0.3 is 10.2 Å². The van der Waals surface area contributed by atoms with Gasteiger partial charge in [0.05, 0.1) is 12.1 Å². The second-order valence-electron chi connectivity index (χ2n) is 6.04. The van der Waals surface area contributed by atoms with Crippen LogP contribution in [-0.4, -0.2) is 35.0 Å². The first-order valence-corrected chi connectivity index (χ1v) is 7.22. The van der Waals surface area contributed by atoms with E-state index in [2.05, 4.69) is 11.4 Å². The van der Waals surface area contributed by atoms with Crippen molar-refractivity contribution in [1.29, 1.82) is 5.26 Å². The van der Waals surface area contributed by atoms with Crippen molar-refractivity contribution in [3.8, 4) is 6.07 Å². The lowest BCUT2D eigenvalue weighted by Gasteiger charge is -2.27. The molecule has 3 aliphatic rings. The third kappa shape index (κ3) is 2.59. The molecule has 1 N–H and O–H groups in total. The summed E-state index contributed by atoms with van der Waals surface area (Å²) in [6.45, 7) is 0.766. The third-order valence-electron chi connectivity index (χ3n) is 4.94. The standard InChI is InChI=1S/C14H21N3O.ClH/c15-10-11-4-3-9-17(11)13(18)12-5-8-14(16-12)6-1-2-7-14;/h11-12,16H,1-9H2;1H/t11-,12?;/m0./s1. The van der Waals surface area contributed by atoms with Gasteiger partial charge in [0.15, 0.2) is 0 Å². The van der Waals surface area contributed by atoms with E-state index in [1.54, 1.807) is 4.90 Å². The van der Waals surface area contributed by atoms with Crippen molar-refractivity contribution in [2.24, 2.45) is 0 Å². The van der Waals surface area contributed by atoms with Gasteiger partial charge in [0.25, 0.3) is 0 Å². The van der Waals surface area contributed by atoms with Gasteiger partial charge in [-0.05, 0) is 38.5 Å². The maximum absolute atomic E-state index is 12.5. The summed E-state index contributed by atoms with van der Waals surface area (Å²) in [4.78, 5) is 14.3. The average molecular weight is 284 g/mol. The lowest BCUT2D eigenvalue weighted by atomic mass is 9.96. The molecule has 2 saturated heterocycles. The molecule has 0 bridgehead atoms. The van der Waals surface area contributed by atoms with E-state index in [1.165, 1.54) is 25.7 Å². The Kier molecular flexibility index (Phi) is 4.37. The minimum Gasteiger partial charge on any atom is -0.325 e. The minimum absolute atomic E-state index is 0. The molecule has 0 aromatic rings. The Morgan fingerprint density at radius 3 is 2.63 bits per heavy atom. The normalized spacial score (nSPS) is 32.3. The molecule has 0 aromatic heterocycles. The first-order chi connectivity index (χ1) is 8.74. The molecule has 1 saturated carbocycles. The van der Waals surface area contributed by atoms with Crippen LogP contribution in [0.1, 0.15) is 51.4 Å². The Bertz CT molecular complexity index is 387. The topological polar surface area (TPSA) is 56.1 Å². The summed E-state index contributed by atoms with van der Waals surface area (Å²) >= 11 is 0. The molecule has 2 aliphatic heterocycles. The molecule has 1 spiro atoms. The highest BCUT2D eigenvalue weighted by atomic mass is 35.5. The first-order valence-electron chi connectivity index (χ1n) is 7.22. The molecule has 2 atom stereocenters. The van der Waals surface area contributed by atoms with Crippen LogP contribution in [0, 0.1) is 11.3 Å². The maximum Gasteiger partial charge on any atom is 0.240 e. The molecule has 3 fully saturated rings. The van der Waals surface area contributed by atoms with E-state index >= 15 is 0 Å². The van der Waals surface area contributed by atoms with Gasteiger partial charge in [-0.25, -0.2) is 0 Å². The van der Waals surface area contributed by atoms with E-state index in [0.29, 0.717) is 0 Å². The van der Waals surface area contributed by atoms with Crippen molar-refractivity contribution < 1.29 is 4.79 Å². The Hall–Kier alpha value is -0.790. The number of nitrogens with zero attached hydrogens (tertiary/aromatic N) is 2. The average Bonchev–Trinajstić information content (AvgIpc) is 3.11. The van der Waals surface area contributed by atoms with Crippen LogP contribution in [0.15, 0.2) is 0 Å². The summed E-state index contributed by atoms with van der Waals surface area (Å²) in [6, 6.07) is 2.05. The van der Waals surface area contributed by atoms with E-state index in [1.807, 2.05) is 0 Å². The molecule has 0 radical (unpaired) electrons. The van der Waals surface area contributed by atoms with Gasteiger partial charge in [-0.1, -0.05) is 12.8 Å². The zero-order valence-corrected chi connectivity index (χ0v) is 12.0. The number of amides is 1. The van der Waals surface area contributed by atoms with Crippen LogP contribution < -0.4 is 5.32 Å². The van der Waals surface area contributed by atoms with E-state index in [4.69, 9.17) is 5.26 Å². The third-order valence-corrected chi connectivity index (χ3v) is 4.94. The zero-order chi connectivity index (χ0) is 12.6. The van der Waals surface area contributed by atoms with Crippen molar-refractivity contribution in [3.63, 3.8) is 0 Å². The monoisotopic (exact) mass is 283 g/mol. The maximum atomic E-state index is 12.5. The van der Waals surface area contributed by atoms with Gasteiger partial charge in [0.2, 0.25) is 5.91 Å². The molecular formula is C14H22ClN3O. The Balaban J connectivity index is 0.00000133. The van der Waals surface area contributed by atoms with Crippen molar-refractivity contribution in [3.05, 3.63) is 0 Å². The lowest BCUT2D eigenvalue weighted by molar-refractivity contribution is -0.133. The van der Waals surface area contributed by atoms with Gasteiger partial charge in [-0.15, -0.1) is 12.4 Å². The zero-order valence-electron chi connectivity index (χ0n) is 11.2. The molecule has 106 valence electrons. The number of hydrogen-bond donors (Lipinski definition) is 1. The van der Waals surface area contributed by atoms with Crippen LogP contribution >= 0.6 is 12.4 Å². The van der Waals surface area contributed by atoms with Crippen LogP contribution in [0.4, 0.5) is 0 Å². The number of nitriles is 1. The fraction of sp³-hybridized carbons (Fsp3) is 0.857. The Morgan fingerprint density at radius 1 is 1.21 bits per heavy atom. The molecule has 4 nitrogen and oxygen atoms in total. The Morgan fingerprint density at radius 2 is 1.95 bits per heavy atom. The number of halogens is 1. The summed E-state index contributed by atoms with van der Waals surface area (Å²) in [5.41, 5.74) is 0.252. The molecule has 1 aliphatic carbocycles. The summed E-state index contributed by atoms with van der Waals surface area (Å²) in [6.07, 6.45) is 8.93. The number of nitrogens with one attached hydrogen (secondary N) is 1. The molecule has 19 heavy (non-hydrogen) atoms. The number of carbonyl (C=O) groups is 1. The molecular weight excluding hydrogens is 262 g/mol. The highest BCUT2D eigenvalue weighted by Gasteiger charge is 2.44. The second kappa shape index (κ2) is 5.68. The number of carbonyl (C=O) groups excluding carboxylic acids is 1. The highest BCUT2D eigenvalue weighted by Crippen LogP contribution is 2.39. The predicted octanol–water partition coefficient (Wildman–Crippen LogP) is 1.99. The summed E-state index contributed by atoms with van der Waals surface area (Å²) in [7, 11) is 0. The van der Waals surface area contributed by atoms with Crippen LogP contribution in [0.2, 0.25) is 0 Å². The first kappa shape index (κ1) is 14.6. The molecule has 1 unspecified atom stereocenters.